The molecular weight excluding hydrogens is 302 g/mol. The molecule has 0 amide bonds. The van der Waals surface area contributed by atoms with Crippen LogP contribution < -0.4 is 0 Å². The molecule has 0 aliphatic carbocycles. The highest BCUT2D eigenvalue weighted by Gasteiger charge is 2.23. The molecule has 0 saturated heterocycles. The van der Waals surface area contributed by atoms with Gasteiger partial charge in [0.05, 0.1) is 26.4 Å². The largest absolute Gasteiger partial charge is 0.342 e. The van der Waals surface area contributed by atoms with Gasteiger partial charge in [0.2, 0.25) is 0 Å². The molecule has 0 aliphatic rings. The molecule has 8 heteroatoms. The molecule has 0 aromatic rings. The van der Waals surface area contributed by atoms with Crippen LogP contribution in [-0.4, -0.2) is 38.8 Å². The number of rotatable bonds is 10. The molecule has 0 saturated carbocycles. The summed E-state index contributed by atoms with van der Waals surface area (Å²) in [5, 5.41) is 0. The standard InChI is InChI=1S/C12H24O6P2/c1-5-15-19(13,16-6-2)11-9-10-12-20(14,17-7-3)18-8-4/h5-8,11-12H2,1-4H3. The molecule has 0 unspecified atom stereocenters. The third-order valence-electron chi connectivity index (χ3n) is 1.97. The number of hydrogen-bond donors (Lipinski definition) is 0. The Kier molecular flexibility index (Phi) is 10.5. The van der Waals surface area contributed by atoms with Crippen LogP contribution in [-0.2, 0) is 27.2 Å². The van der Waals surface area contributed by atoms with Crippen molar-refractivity contribution in [2.75, 3.05) is 38.8 Å². The van der Waals surface area contributed by atoms with E-state index in [9.17, 15) is 9.13 Å². The fourth-order valence-electron chi connectivity index (χ4n) is 1.35. The van der Waals surface area contributed by atoms with Crippen LogP contribution in [0, 0.1) is 11.8 Å². The second-order valence-electron chi connectivity index (χ2n) is 3.56. The van der Waals surface area contributed by atoms with Gasteiger partial charge in [0, 0.05) is 0 Å². The second-order valence-corrected chi connectivity index (χ2v) is 7.67. The van der Waals surface area contributed by atoms with Gasteiger partial charge in [-0.05, 0) is 27.7 Å². The molecule has 0 radical (unpaired) electrons. The summed E-state index contributed by atoms with van der Waals surface area (Å²) in [6.07, 6.45) is -0.0696. The van der Waals surface area contributed by atoms with Gasteiger partial charge in [-0.15, -0.1) is 0 Å². The highest BCUT2D eigenvalue weighted by molar-refractivity contribution is 7.54. The van der Waals surface area contributed by atoms with Crippen LogP contribution in [0.5, 0.6) is 0 Å². The molecule has 0 spiro atoms. The van der Waals surface area contributed by atoms with Crippen LogP contribution in [0.3, 0.4) is 0 Å². The molecule has 0 bridgehead atoms. The Hall–Kier alpha value is -0.140. The minimum Gasteiger partial charge on any atom is -0.308 e. The van der Waals surface area contributed by atoms with Crippen molar-refractivity contribution >= 4 is 15.2 Å². The average molecular weight is 326 g/mol. The van der Waals surface area contributed by atoms with Gasteiger partial charge < -0.3 is 18.1 Å². The normalized spacial score (nSPS) is 12.0. The summed E-state index contributed by atoms with van der Waals surface area (Å²) in [6.45, 7) is 8.08. The van der Waals surface area contributed by atoms with Gasteiger partial charge in [0.1, 0.15) is 12.3 Å². The minimum atomic E-state index is -3.18. The molecule has 0 fully saturated rings. The smallest absolute Gasteiger partial charge is 0.308 e. The van der Waals surface area contributed by atoms with E-state index in [-0.39, 0.29) is 38.8 Å². The molecule has 0 aromatic heterocycles. The minimum absolute atomic E-state index is 0.0348. The van der Waals surface area contributed by atoms with Crippen molar-refractivity contribution < 1.29 is 27.2 Å². The quantitative estimate of drug-likeness (QED) is 0.452. The summed E-state index contributed by atoms with van der Waals surface area (Å²) in [5.74, 6) is 5.35. The van der Waals surface area contributed by atoms with Crippen LogP contribution in [0.25, 0.3) is 0 Å². The first kappa shape index (κ1) is 19.9. The Morgan fingerprint density at radius 2 is 0.900 bits per heavy atom. The van der Waals surface area contributed by atoms with E-state index in [1.165, 1.54) is 0 Å². The average Bonchev–Trinajstić information content (AvgIpc) is 2.36. The van der Waals surface area contributed by atoms with Gasteiger partial charge in [0.15, 0.2) is 0 Å². The van der Waals surface area contributed by atoms with Gasteiger partial charge in [-0.2, -0.15) is 0 Å². The fraction of sp³-hybridized carbons (Fsp3) is 0.833. The lowest BCUT2D eigenvalue weighted by Crippen LogP contribution is -2.00. The summed E-state index contributed by atoms with van der Waals surface area (Å²) >= 11 is 0. The SMILES string of the molecule is CCOP(=O)(CC#CCP(=O)(OCC)OCC)OCC. The van der Waals surface area contributed by atoms with Gasteiger partial charge in [-0.25, -0.2) is 0 Å². The second kappa shape index (κ2) is 10.6. The molecule has 0 aromatic carbocycles. The van der Waals surface area contributed by atoms with Crippen molar-refractivity contribution in [1.82, 2.24) is 0 Å². The van der Waals surface area contributed by atoms with Crippen LogP contribution in [0.4, 0.5) is 0 Å². The van der Waals surface area contributed by atoms with Crippen molar-refractivity contribution in [1.29, 1.82) is 0 Å². The molecule has 20 heavy (non-hydrogen) atoms. The molecule has 6 nitrogen and oxygen atoms in total. The Bertz CT molecular complexity index is 356. The molecule has 0 N–H and O–H groups in total. The molecule has 118 valence electrons. The van der Waals surface area contributed by atoms with E-state index in [0.29, 0.717) is 0 Å². The van der Waals surface area contributed by atoms with Crippen molar-refractivity contribution in [3.8, 4) is 11.8 Å². The molecule has 0 rings (SSSR count). The zero-order chi connectivity index (χ0) is 15.5. The number of hydrogen-bond acceptors (Lipinski definition) is 6. The van der Waals surface area contributed by atoms with Crippen LogP contribution >= 0.6 is 15.2 Å². The summed E-state index contributed by atoms with van der Waals surface area (Å²) in [4.78, 5) is 0. The topological polar surface area (TPSA) is 71.1 Å². The Labute approximate surface area is 121 Å². The van der Waals surface area contributed by atoms with Crippen LogP contribution in [0.15, 0.2) is 0 Å². The Morgan fingerprint density at radius 3 is 1.10 bits per heavy atom. The van der Waals surface area contributed by atoms with Gasteiger partial charge in [-0.3, -0.25) is 9.13 Å². The third-order valence-corrected chi connectivity index (χ3v) is 5.67. The summed E-state index contributed by atoms with van der Waals surface area (Å²) in [7, 11) is -6.35. The van der Waals surface area contributed by atoms with Crippen LogP contribution in [0.1, 0.15) is 27.7 Å². The maximum Gasteiger partial charge on any atom is 0.342 e. The molecule has 0 atom stereocenters. The van der Waals surface area contributed by atoms with Crippen molar-refractivity contribution in [3.05, 3.63) is 0 Å². The van der Waals surface area contributed by atoms with E-state index in [1.54, 1.807) is 27.7 Å². The van der Waals surface area contributed by atoms with Gasteiger partial charge in [-0.1, -0.05) is 11.8 Å². The van der Waals surface area contributed by atoms with Crippen molar-refractivity contribution in [2.24, 2.45) is 0 Å². The molecule has 0 aliphatic heterocycles. The monoisotopic (exact) mass is 326 g/mol. The third kappa shape index (κ3) is 8.21. The molecular formula is C12H24O6P2. The van der Waals surface area contributed by atoms with E-state index in [2.05, 4.69) is 11.8 Å². The first-order chi connectivity index (χ1) is 9.45. The summed E-state index contributed by atoms with van der Waals surface area (Å²) in [5.41, 5.74) is 0. The highest BCUT2D eigenvalue weighted by Crippen LogP contribution is 2.48. The van der Waals surface area contributed by atoms with Crippen molar-refractivity contribution in [2.45, 2.75) is 27.7 Å². The Balaban J connectivity index is 4.57. The van der Waals surface area contributed by atoms with E-state index >= 15 is 0 Å². The van der Waals surface area contributed by atoms with E-state index in [0.717, 1.165) is 0 Å². The fourth-order valence-corrected chi connectivity index (χ4v) is 4.05. The van der Waals surface area contributed by atoms with E-state index < -0.39 is 15.2 Å². The zero-order valence-corrected chi connectivity index (χ0v) is 14.4. The summed E-state index contributed by atoms with van der Waals surface area (Å²) < 4.78 is 44.6. The predicted molar refractivity (Wildman–Crippen MR) is 79.2 cm³/mol. The van der Waals surface area contributed by atoms with Crippen molar-refractivity contribution in [3.63, 3.8) is 0 Å². The first-order valence-corrected chi connectivity index (χ1v) is 10.1. The van der Waals surface area contributed by atoms with Gasteiger partial charge >= 0.3 is 15.2 Å². The van der Waals surface area contributed by atoms with Gasteiger partial charge in [0.25, 0.3) is 0 Å². The van der Waals surface area contributed by atoms with Crippen LogP contribution in [0.2, 0.25) is 0 Å². The lowest BCUT2D eigenvalue weighted by molar-refractivity contribution is 0.221. The van der Waals surface area contributed by atoms with E-state index in [4.69, 9.17) is 18.1 Å². The lowest BCUT2D eigenvalue weighted by Gasteiger charge is -2.14. The molecule has 0 heterocycles. The maximum absolute atomic E-state index is 12.1. The maximum atomic E-state index is 12.1. The zero-order valence-electron chi connectivity index (χ0n) is 12.6. The van der Waals surface area contributed by atoms with E-state index in [1.807, 2.05) is 0 Å². The predicted octanol–water partition coefficient (Wildman–Crippen LogP) is 3.52. The summed E-state index contributed by atoms with van der Waals surface area (Å²) in [6, 6.07) is 0. The lowest BCUT2D eigenvalue weighted by atomic mass is 10.7. The first-order valence-electron chi connectivity index (χ1n) is 6.67. The Morgan fingerprint density at radius 1 is 0.650 bits per heavy atom. The highest BCUT2D eigenvalue weighted by atomic mass is 31.2.